The molecule has 186 valence electrons. The van der Waals surface area contributed by atoms with Gasteiger partial charge in [-0.2, -0.15) is 0 Å². The van der Waals surface area contributed by atoms with Gasteiger partial charge in [0.05, 0.1) is 30.6 Å². The van der Waals surface area contributed by atoms with Gasteiger partial charge in [-0.3, -0.25) is 14.4 Å². The highest BCUT2D eigenvalue weighted by Gasteiger charge is 2.60. The molecule has 0 bridgehead atoms. The molecule has 4 atom stereocenters. The topological polar surface area (TPSA) is 72.9 Å². The minimum absolute atomic E-state index is 0.306. The number of methoxy groups -OCH3 is 1. The Kier molecular flexibility index (Phi) is 4.98. The summed E-state index contributed by atoms with van der Waals surface area (Å²) in [7, 11) is 1.60. The van der Waals surface area contributed by atoms with E-state index in [1.807, 2.05) is 72.8 Å². The van der Waals surface area contributed by atoms with Crippen molar-refractivity contribution < 1.29 is 23.9 Å². The molecule has 2 aliphatic heterocycles. The Morgan fingerprint density at radius 1 is 0.763 bits per heavy atom. The number of imide groups is 1. The van der Waals surface area contributed by atoms with Gasteiger partial charge >= 0.3 is 5.97 Å². The van der Waals surface area contributed by atoms with Crippen molar-refractivity contribution in [3.8, 4) is 11.5 Å². The number of hydrogen-bond donors (Lipinski definition) is 0. The van der Waals surface area contributed by atoms with Gasteiger partial charge in [0.1, 0.15) is 11.5 Å². The summed E-state index contributed by atoms with van der Waals surface area (Å²) in [6.07, 6.45) is 2.00. The zero-order valence-electron chi connectivity index (χ0n) is 20.5. The molecule has 0 radical (unpaired) electrons. The number of fused-ring (bicyclic) bond motifs is 7. The van der Waals surface area contributed by atoms with Crippen molar-refractivity contribution in [2.45, 2.75) is 5.92 Å². The number of esters is 1. The zero-order valence-corrected chi connectivity index (χ0v) is 20.5. The van der Waals surface area contributed by atoms with Crippen LogP contribution in [-0.2, 0) is 14.4 Å². The third-order valence-electron chi connectivity index (χ3n) is 8.00. The normalized spacial score (nSPS) is 23.9. The number of ether oxygens (including phenoxy) is 2. The van der Waals surface area contributed by atoms with Gasteiger partial charge in [-0.15, -0.1) is 0 Å². The molecule has 38 heavy (non-hydrogen) atoms. The number of amides is 2. The highest BCUT2D eigenvalue weighted by Crippen LogP contribution is 2.55. The molecule has 6 heteroatoms. The number of benzene rings is 4. The summed E-state index contributed by atoms with van der Waals surface area (Å²) >= 11 is 0. The molecule has 1 saturated heterocycles. The van der Waals surface area contributed by atoms with Gasteiger partial charge in [0, 0.05) is 16.9 Å². The van der Waals surface area contributed by atoms with E-state index in [2.05, 4.69) is 0 Å². The average molecular weight is 502 g/mol. The van der Waals surface area contributed by atoms with Gasteiger partial charge in [0.15, 0.2) is 0 Å². The van der Waals surface area contributed by atoms with Crippen LogP contribution in [0.4, 0.5) is 5.69 Å². The van der Waals surface area contributed by atoms with E-state index in [1.54, 1.807) is 31.4 Å². The summed E-state index contributed by atoms with van der Waals surface area (Å²) in [6, 6.07) is 28.1. The molecule has 4 aromatic carbocycles. The lowest BCUT2D eigenvalue weighted by Crippen LogP contribution is -2.42. The van der Waals surface area contributed by atoms with Crippen LogP contribution in [0.3, 0.4) is 0 Å². The van der Waals surface area contributed by atoms with Gasteiger partial charge < -0.3 is 9.47 Å². The SMILES string of the molecule is COc1ccc([C@@H]2C=C3c4ccc5ccccc5c4OC(=O)[C@@H]3[C@H]3C(=O)N(c4ccccc4)C(=O)[C@@H]32)cc1. The maximum atomic E-state index is 14.0. The molecule has 0 N–H and O–H groups in total. The standard InChI is InChI=1S/C32H23NO5/c1-37-21-14-11-19(12-15-21)24-17-25-23-16-13-18-7-5-6-10-22(18)29(23)38-32(36)27(25)28-26(24)30(34)33(31(28)35)20-8-3-2-4-9-20/h2-17,24,26-28H,1H3/t24-,26+,27-,28-/m0/s1. The molecule has 0 aromatic heterocycles. The molecule has 3 aliphatic rings. The van der Waals surface area contributed by atoms with Gasteiger partial charge in [0.25, 0.3) is 0 Å². The van der Waals surface area contributed by atoms with Crippen molar-refractivity contribution in [3.63, 3.8) is 0 Å². The Balaban J connectivity index is 1.44. The molecule has 1 fully saturated rings. The lowest BCUT2D eigenvalue weighted by Gasteiger charge is -2.38. The van der Waals surface area contributed by atoms with E-state index < -0.39 is 29.6 Å². The van der Waals surface area contributed by atoms with Crippen LogP contribution in [0.15, 0.2) is 97.1 Å². The van der Waals surface area contributed by atoms with Crippen LogP contribution in [0.1, 0.15) is 17.0 Å². The number of rotatable bonds is 3. The van der Waals surface area contributed by atoms with Crippen molar-refractivity contribution in [1.29, 1.82) is 0 Å². The van der Waals surface area contributed by atoms with Crippen molar-refractivity contribution >= 4 is 39.8 Å². The highest BCUT2D eigenvalue weighted by molar-refractivity contribution is 6.24. The molecule has 6 nitrogen and oxygen atoms in total. The first kappa shape index (κ1) is 22.5. The largest absolute Gasteiger partial charge is 0.497 e. The van der Waals surface area contributed by atoms with E-state index in [9.17, 15) is 14.4 Å². The van der Waals surface area contributed by atoms with Crippen LogP contribution < -0.4 is 14.4 Å². The van der Waals surface area contributed by atoms with Crippen LogP contribution in [0, 0.1) is 17.8 Å². The van der Waals surface area contributed by atoms with E-state index >= 15 is 0 Å². The van der Waals surface area contributed by atoms with Gasteiger partial charge in [0.2, 0.25) is 11.8 Å². The lowest BCUT2D eigenvalue weighted by molar-refractivity contribution is -0.142. The van der Waals surface area contributed by atoms with E-state index in [4.69, 9.17) is 9.47 Å². The summed E-state index contributed by atoms with van der Waals surface area (Å²) in [5.41, 5.74) is 2.90. The first-order valence-electron chi connectivity index (χ1n) is 12.6. The molecular formula is C32H23NO5. The second-order valence-electron chi connectivity index (χ2n) is 9.88. The number of anilines is 1. The average Bonchev–Trinajstić information content (AvgIpc) is 3.22. The molecule has 4 aromatic rings. The Morgan fingerprint density at radius 2 is 1.47 bits per heavy atom. The van der Waals surface area contributed by atoms with Crippen LogP contribution in [0.25, 0.3) is 16.3 Å². The van der Waals surface area contributed by atoms with E-state index in [-0.39, 0.29) is 11.8 Å². The molecule has 2 heterocycles. The van der Waals surface area contributed by atoms with Crippen LogP contribution in [0.5, 0.6) is 11.5 Å². The number of allylic oxidation sites excluding steroid dienone is 1. The van der Waals surface area contributed by atoms with E-state index in [1.165, 1.54) is 4.90 Å². The van der Waals surface area contributed by atoms with E-state index in [0.717, 1.165) is 27.5 Å². The summed E-state index contributed by atoms with van der Waals surface area (Å²) in [5.74, 6) is -2.87. The monoisotopic (exact) mass is 501 g/mol. The van der Waals surface area contributed by atoms with Crippen molar-refractivity contribution in [1.82, 2.24) is 0 Å². The van der Waals surface area contributed by atoms with Crippen LogP contribution >= 0.6 is 0 Å². The fraction of sp³-hybridized carbons (Fsp3) is 0.156. The minimum Gasteiger partial charge on any atom is -0.497 e. The molecule has 0 saturated carbocycles. The summed E-state index contributed by atoms with van der Waals surface area (Å²) in [4.78, 5) is 42.8. The summed E-state index contributed by atoms with van der Waals surface area (Å²) in [5, 5.41) is 1.79. The smallest absolute Gasteiger partial charge is 0.319 e. The Hall–Kier alpha value is -4.71. The molecule has 7 rings (SSSR count). The molecule has 0 spiro atoms. The predicted octanol–water partition coefficient (Wildman–Crippen LogP) is 5.37. The maximum Gasteiger partial charge on any atom is 0.319 e. The number of hydrogen-bond acceptors (Lipinski definition) is 5. The highest BCUT2D eigenvalue weighted by atomic mass is 16.5. The predicted molar refractivity (Wildman–Crippen MR) is 143 cm³/mol. The first-order valence-corrected chi connectivity index (χ1v) is 12.6. The molecule has 1 aliphatic carbocycles. The molecule has 2 amide bonds. The van der Waals surface area contributed by atoms with E-state index in [0.29, 0.717) is 17.2 Å². The number of carbonyl (C=O) groups is 3. The first-order chi connectivity index (χ1) is 18.6. The number of carbonyl (C=O) groups excluding carboxylic acids is 3. The van der Waals surface area contributed by atoms with Crippen molar-refractivity contribution in [3.05, 3.63) is 108 Å². The third kappa shape index (κ3) is 3.16. The maximum absolute atomic E-state index is 14.0. The lowest BCUT2D eigenvalue weighted by atomic mass is 9.64. The van der Waals surface area contributed by atoms with Crippen LogP contribution in [-0.4, -0.2) is 24.9 Å². The van der Waals surface area contributed by atoms with Crippen molar-refractivity contribution in [2.75, 3.05) is 12.0 Å². The second-order valence-corrected chi connectivity index (χ2v) is 9.88. The molecule has 0 unspecified atom stereocenters. The van der Waals surface area contributed by atoms with Gasteiger partial charge in [-0.05, 0) is 40.8 Å². The number of nitrogens with zero attached hydrogens (tertiary/aromatic N) is 1. The summed E-state index contributed by atoms with van der Waals surface area (Å²) in [6.45, 7) is 0. The molecular weight excluding hydrogens is 478 g/mol. The van der Waals surface area contributed by atoms with Gasteiger partial charge in [-0.1, -0.05) is 72.8 Å². The third-order valence-corrected chi connectivity index (χ3v) is 8.00. The minimum atomic E-state index is -0.873. The quantitative estimate of drug-likeness (QED) is 0.214. The Labute approximate surface area is 219 Å². The Morgan fingerprint density at radius 3 is 2.24 bits per heavy atom. The number of para-hydroxylation sites is 1. The zero-order chi connectivity index (χ0) is 26.0. The Bertz CT molecular complexity index is 1660. The van der Waals surface area contributed by atoms with Gasteiger partial charge in [-0.25, -0.2) is 4.90 Å². The fourth-order valence-electron chi connectivity index (χ4n) is 6.27. The fourth-order valence-corrected chi connectivity index (χ4v) is 6.27. The summed E-state index contributed by atoms with van der Waals surface area (Å²) < 4.78 is 11.3. The second kappa shape index (κ2) is 8.42. The van der Waals surface area contributed by atoms with Crippen molar-refractivity contribution in [2.24, 2.45) is 17.8 Å². The van der Waals surface area contributed by atoms with Crippen LogP contribution in [0.2, 0.25) is 0 Å².